The van der Waals surface area contributed by atoms with Crippen LogP contribution in [-0.2, 0) is 4.84 Å². The average molecular weight is 480 g/mol. The number of ether oxygens (including phenoxy) is 1. The Hall–Kier alpha value is -3.67. The molecule has 1 fully saturated rings. The van der Waals surface area contributed by atoms with Crippen LogP contribution in [0.1, 0.15) is 24.6 Å². The van der Waals surface area contributed by atoms with Crippen molar-refractivity contribution in [3.8, 4) is 5.88 Å². The molecule has 1 saturated carbocycles. The fraction of sp³-hybridized carbons (Fsp3) is 0.375. The molecule has 35 heavy (non-hydrogen) atoms. The second-order valence-electron chi connectivity index (χ2n) is 8.67. The zero-order valence-corrected chi connectivity index (χ0v) is 20.1. The highest BCUT2D eigenvalue weighted by Gasteiger charge is 2.25. The highest BCUT2D eigenvalue weighted by Crippen LogP contribution is 2.35. The lowest BCUT2D eigenvalue weighted by molar-refractivity contribution is 0.115. The smallest absolute Gasteiger partial charge is 0.228 e. The van der Waals surface area contributed by atoms with Crippen LogP contribution in [-0.4, -0.2) is 53.6 Å². The number of hydrazine groups is 1. The van der Waals surface area contributed by atoms with Crippen molar-refractivity contribution >= 4 is 11.8 Å². The highest BCUT2D eigenvalue weighted by molar-refractivity contribution is 5.50. The predicted octanol–water partition coefficient (Wildman–Crippen LogP) is 2.07. The molecule has 0 saturated heterocycles. The molecule has 186 valence electrons. The normalized spacial score (nSPS) is 17.5. The van der Waals surface area contributed by atoms with Crippen LogP contribution in [0.4, 0.5) is 11.8 Å². The summed E-state index contributed by atoms with van der Waals surface area (Å²) in [4.78, 5) is 21.1. The van der Waals surface area contributed by atoms with Gasteiger partial charge in [0.15, 0.2) is 0 Å². The summed E-state index contributed by atoms with van der Waals surface area (Å²) in [7, 11) is 3.98. The Morgan fingerprint density at radius 1 is 1.34 bits per heavy atom. The number of nitrogens with one attached hydrogen (secondary N) is 4. The van der Waals surface area contributed by atoms with E-state index >= 15 is 0 Å². The molecule has 0 aromatic carbocycles. The number of anilines is 2. The number of allylic oxidation sites excluding steroid dienone is 2. The monoisotopic (exact) mass is 479 g/mol. The van der Waals surface area contributed by atoms with Gasteiger partial charge in [0, 0.05) is 36.1 Å². The van der Waals surface area contributed by atoms with Crippen LogP contribution >= 0.6 is 0 Å². The first kappa shape index (κ1) is 24.5. The number of hydrogen-bond acceptors (Lipinski definition) is 11. The van der Waals surface area contributed by atoms with E-state index in [1.807, 2.05) is 49.3 Å². The van der Waals surface area contributed by atoms with E-state index in [1.54, 1.807) is 12.3 Å². The van der Waals surface area contributed by atoms with Gasteiger partial charge in [-0.25, -0.2) is 0 Å². The quantitative estimate of drug-likeness (QED) is 0.164. The third-order valence-electron chi connectivity index (χ3n) is 5.39. The number of aromatic nitrogens is 3. The number of hydrogen-bond donors (Lipinski definition) is 5. The minimum absolute atomic E-state index is 0.112. The summed E-state index contributed by atoms with van der Waals surface area (Å²) in [6.45, 7) is 5.73. The molecule has 2 aliphatic rings. The number of nitrogens with two attached hydrogens (primary N) is 1. The summed E-state index contributed by atoms with van der Waals surface area (Å²) < 4.78 is 5.86. The Morgan fingerprint density at radius 3 is 2.91 bits per heavy atom. The van der Waals surface area contributed by atoms with Crippen LogP contribution in [0.2, 0.25) is 0 Å². The van der Waals surface area contributed by atoms with Crippen molar-refractivity contribution in [1.29, 1.82) is 0 Å². The van der Waals surface area contributed by atoms with Gasteiger partial charge in [-0.05, 0) is 51.2 Å². The zero-order valence-electron chi connectivity index (χ0n) is 20.1. The Morgan fingerprint density at radius 2 is 2.20 bits per heavy atom. The molecular formula is C24H33N9O2. The Bertz CT molecular complexity index is 1070. The SMILES string of the molecule is C=C(/C=C(\NN)C1CC1)Nc1cc(OCCN(C)C)nc(NCC2=CC(c3ccccn3)NO2)n1. The summed E-state index contributed by atoms with van der Waals surface area (Å²) in [6.07, 6.45) is 7.88. The van der Waals surface area contributed by atoms with Crippen LogP contribution in [0.25, 0.3) is 0 Å². The maximum Gasteiger partial charge on any atom is 0.228 e. The van der Waals surface area contributed by atoms with Gasteiger partial charge in [0.25, 0.3) is 0 Å². The first-order valence-electron chi connectivity index (χ1n) is 11.6. The molecule has 1 aliphatic carbocycles. The molecule has 0 bridgehead atoms. The van der Waals surface area contributed by atoms with Gasteiger partial charge < -0.3 is 30.5 Å². The third kappa shape index (κ3) is 7.41. The number of hydroxylamine groups is 1. The van der Waals surface area contributed by atoms with Crippen LogP contribution in [0.3, 0.4) is 0 Å². The summed E-state index contributed by atoms with van der Waals surface area (Å²) in [5, 5.41) is 6.42. The van der Waals surface area contributed by atoms with Crippen LogP contribution in [0.5, 0.6) is 5.88 Å². The van der Waals surface area contributed by atoms with Gasteiger partial charge in [0.1, 0.15) is 24.2 Å². The molecule has 0 amide bonds. The minimum Gasteiger partial charge on any atom is -0.476 e. The van der Waals surface area contributed by atoms with Crippen molar-refractivity contribution in [3.63, 3.8) is 0 Å². The standard InChI is InChI=1S/C24H33N9O2/c1-16(12-20(31-25)17-7-8-17)28-22-14-23(34-11-10-33(2)3)30-24(29-22)27-15-18-13-21(32-35-18)19-6-4-5-9-26-19/h4-6,9,12-14,17,21,31-32H,1,7-8,10-11,15,25H2,2-3H3,(H2,27,28,29,30)/b20-12-. The van der Waals surface area contributed by atoms with Gasteiger partial charge in [0.05, 0.1) is 12.2 Å². The number of pyridine rings is 1. The molecule has 11 nitrogen and oxygen atoms in total. The van der Waals surface area contributed by atoms with Gasteiger partial charge in [-0.1, -0.05) is 12.6 Å². The van der Waals surface area contributed by atoms with Crippen LogP contribution < -0.4 is 32.1 Å². The van der Waals surface area contributed by atoms with Crippen molar-refractivity contribution in [2.75, 3.05) is 44.4 Å². The van der Waals surface area contributed by atoms with Gasteiger partial charge in [-0.2, -0.15) is 9.97 Å². The van der Waals surface area contributed by atoms with E-state index in [0.29, 0.717) is 48.2 Å². The van der Waals surface area contributed by atoms with Crippen molar-refractivity contribution in [3.05, 3.63) is 72.0 Å². The maximum atomic E-state index is 5.86. The van der Waals surface area contributed by atoms with Crippen molar-refractivity contribution in [1.82, 2.24) is 30.8 Å². The second kappa shape index (κ2) is 11.6. The van der Waals surface area contributed by atoms with E-state index in [0.717, 1.165) is 30.8 Å². The van der Waals surface area contributed by atoms with E-state index in [1.165, 1.54) is 0 Å². The molecule has 0 radical (unpaired) electrons. The lowest BCUT2D eigenvalue weighted by atomic mass is 10.2. The summed E-state index contributed by atoms with van der Waals surface area (Å²) in [5.74, 6) is 8.25. The summed E-state index contributed by atoms with van der Waals surface area (Å²) in [5.41, 5.74) is 8.24. The Kier molecular flexibility index (Phi) is 8.14. The van der Waals surface area contributed by atoms with Crippen LogP contribution in [0.15, 0.2) is 66.3 Å². The lowest BCUT2D eigenvalue weighted by Crippen LogP contribution is -2.22. The minimum atomic E-state index is -0.112. The molecule has 1 atom stereocenters. The van der Waals surface area contributed by atoms with Crippen LogP contribution in [0, 0.1) is 5.92 Å². The highest BCUT2D eigenvalue weighted by atomic mass is 16.7. The fourth-order valence-corrected chi connectivity index (χ4v) is 3.39. The molecule has 3 heterocycles. The predicted molar refractivity (Wildman–Crippen MR) is 135 cm³/mol. The van der Waals surface area contributed by atoms with Gasteiger partial charge in [-0.3, -0.25) is 10.8 Å². The molecular weight excluding hydrogens is 446 g/mol. The first-order chi connectivity index (χ1) is 17.0. The van der Waals surface area contributed by atoms with Gasteiger partial charge >= 0.3 is 0 Å². The van der Waals surface area contributed by atoms with E-state index in [2.05, 4.69) is 43.1 Å². The van der Waals surface area contributed by atoms with Gasteiger partial charge in [0.2, 0.25) is 11.8 Å². The van der Waals surface area contributed by atoms with E-state index in [-0.39, 0.29) is 6.04 Å². The fourth-order valence-electron chi connectivity index (χ4n) is 3.39. The molecule has 0 spiro atoms. The Balaban J connectivity index is 1.43. The second-order valence-corrected chi connectivity index (χ2v) is 8.67. The molecule has 2 aromatic heterocycles. The summed E-state index contributed by atoms with van der Waals surface area (Å²) in [6, 6.07) is 7.40. The largest absolute Gasteiger partial charge is 0.476 e. The first-order valence-corrected chi connectivity index (χ1v) is 11.6. The number of likely N-dealkylation sites (N-methyl/N-ethyl adjacent to an activating group) is 1. The molecule has 1 aliphatic heterocycles. The van der Waals surface area contributed by atoms with Crippen molar-refractivity contribution < 1.29 is 9.57 Å². The zero-order chi connectivity index (χ0) is 24.6. The lowest BCUT2D eigenvalue weighted by Gasteiger charge is -2.14. The van der Waals surface area contributed by atoms with Crippen molar-refractivity contribution in [2.45, 2.75) is 18.9 Å². The molecule has 6 N–H and O–H groups in total. The Labute approximate surface area is 205 Å². The molecule has 11 heteroatoms. The number of nitrogens with zero attached hydrogens (tertiary/aromatic N) is 4. The third-order valence-corrected chi connectivity index (χ3v) is 5.39. The molecule has 2 aromatic rings. The van der Waals surface area contributed by atoms with E-state index in [4.69, 9.17) is 15.4 Å². The van der Waals surface area contributed by atoms with E-state index in [9.17, 15) is 0 Å². The van der Waals surface area contributed by atoms with Crippen molar-refractivity contribution in [2.24, 2.45) is 11.8 Å². The topological polar surface area (TPSA) is 135 Å². The van der Waals surface area contributed by atoms with Gasteiger partial charge in [-0.15, -0.1) is 5.48 Å². The van der Waals surface area contributed by atoms with E-state index < -0.39 is 0 Å². The average Bonchev–Trinajstić information content (AvgIpc) is 3.58. The number of rotatable bonds is 13. The maximum absolute atomic E-state index is 5.86. The summed E-state index contributed by atoms with van der Waals surface area (Å²) >= 11 is 0. The molecule has 4 rings (SSSR count). The molecule has 1 unspecified atom stereocenters.